The summed E-state index contributed by atoms with van der Waals surface area (Å²) in [7, 11) is 0. The van der Waals surface area contributed by atoms with E-state index in [-0.39, 0.29) is 11.2 Å². The molecule has 0 radical (unpaired) electrons. The van der Waals surface area contributed by atoms with Crippen LogP contribution in [0.3, 0.4) is 0 Å². The fourth-order valence-corrected chi connectivity index (χ4v) is 2.85. The predicted octanol–water partition coefficient (Wildman–Crippen LogP) is 2.83. The normalized spacial score (nSPS) is 22.0. The van der Waals surface area contributed by atoms with Crippen LogP contribution >= 0.6 is 11.6 Å². The number of aromatic nitrogens is 2. The van der Waals surface area contributed by atoms with Gasteiger partial charge in [0.2, 0.25) is 5.28 Å². The summed E-state index contributed by atoms with van der Waals surface area (Å²) in [6, 6.07) is 1.96. The molecule has 0 bridgehead atoms. The Labute approximate surface area is 113 Å². The van der Waals surface area contributed by atoms with Gasteiger partial charge in [-0.25, -0.2) is 9.97 Å². The van der Waals surface area contributed by atoms with Crippen LogP contribution in [0, 0.1) is 6.92 Å². The standard InChI is InChI=1S/C13H20ClN3O/c1-9-6-10(16-11(14)15-9)17-7-12(2,3)18-13(4,5)8-17/h6H,7-8H2,1-5H3. The molecule has 0 saturated carbocycles. The zero-order valence-electron chi connectivity index (χ0n) is 11.6. The lowest BCUT2D eigenvalue weighted by Crippen LogP contribution is -2.57. The zero-order chi connectivity index (χ0) is 13.6. The SMILES string of the molecule is Cc1cc(N2CC(C)(C)OC(C)(C)C2)nc(Cl)n1. The maximum Gasteiger partial charge on any atom is 0.224 e. The second-order valence-electron chi connectivity index (χ2n) is 6.11. The fourth-order valence-electron chi connectivity index (χ4n) is 2.63. The van der Waals surface area contributed by atoms with E-state index < -0.39 is 0 Å². The summed E-state index contributed by atoms with van der Waals surface area (Å²) in [6.45, 7) is 11.9. The van der Waals surface area contributed by atoms with Crippen molar-refractivity contribution in [2.45, 2.75) is 45.8 Å². The maximum atomic E-state index is 6.06. The summed E-state index contributed by atoms with van der Waals surface area (Å²) < 4.78 is 6.06. The molecule has 0 unspecified atom stereocenters. The molecule has 0 aromatic carbocycles. The molecule has 4 nitrogen and oxygen atoms in total. The lowest BCUT2D eigenvalue weighted by Gasteiger charge is -2.47. The largest absolute Gasteiger partial charge is 0.366 e. The second-order valence-corrected chi connectivity index (χ2v) is 6.45. The van der Waals surface area contributed by atoms with Crippen molar-refractivity contribution in [2.24, 2.45) is 0 Å². The van der Waals surface area contributed by atoms with Gasteiger partial charge < -0.3 is 9.64 Å². The Morgan fingerprint density at radius 1 is 1.17 bits per heavy atom. The molecular weight excluding hydrogens is 250 g/mol. The summed E-state index contributed by atoms with van der Waals surface area (Å²) in [6.07, 6.45) is 0. The molecule has 0 atom stereocenters. The number of halogens is 1. The number of aryl methyl sites for hydroxylation is 1. The Hall–Kier alpha value is -0.870. The molecule has 1 fully saturated rings. The van der Waals surface area contributed by atoms with E-state index in [4.69, 9.17) is 16.3 Å². The highest BCUT2D eigenvalue weighted by molar-refractivity contribution is 6.28. The smallest absolute Gasteiger partial charge is 0.224 e. The first-order valence-electron chi connectivity index (χ1n) is 6.13. The van der Waals surface area contributed by atoms with E-state index in [1.165, 1.54) is 0 Å². The Balaban J connectivity index is 2.32. The van der Waals surface area contributed by atoms with Gasteiger partial charge >= 0.3 is 0 Å². The average Bonchev–Trinajstić information content (AvgIpc) is 2.10. The molecule has 5 heteroatoms. The van der Waals surface area contributed by atoms with Gasteiger partial charge in [0, 0.05) is 24.8 Å². The number of nitrogens with zero attached hydrogens (tertiary/aromatic N) is 3. The number of rotatable bonds is 1. The van der Waals surface area contributed by atoms with Crippen LogP contribution in [0.2, 0.25) is 5.28 Å². The molecular formula is C13H20ClN3O. The molecule has 1 aliphatic heterocycles. The zero-order valence-corrected chi connectivity index (χ0v) is 12.4. The van der Waals surface area contributed by atoms with Crippen LogP contribution in [-0.4, -0.2) is 34.3 Å². The monoisotopic (exact) mass is 269 g/mol. The van der Waals surface area contributed by atoms with Gasteiger partial charge in [0.25, 0.3) is 0 Å². The molecule has 1 aromatic heterocycles. The minimum Gasteiger partial charge on any atom is -0.366 e. The third-order valence-electron chi connectivity index (χ3n) is 2.83. The van der Waals surface area contributed by atoms with Crippen molar-refractivity contribution in [1.29, 1.82) is 0 Å². The summed E-state index contributed by atoms with van der Waals surface area (Å²) in [5.41, 5.74) is 0.479. The topological polar surface area (TPSA) is 38.2 Å². The molecule has 0 amide bonds. The number of ether oxygens (including phenoxy) is 1. The first-order valence-corrected chi connectivity index (χ1v) is 6.51. The van der Waals surface area contributed by atoms with Crippen LogP contribution in [0.15, 0.2) is 6.07 Å². The summed E-state index contributed by atoms with van der Waals surface area (Å²) in [5.74, 6) is 0.872. The summed E-state index contributed by atoms with van der Waals surface area (Å²) >= 11 is 5.93. The van der Waals surface area contributed by atoms with Crippen LogP contribution in [0.4, 0.5) is 5.82 Å². The van der Waals surface area contributed by atoms with Gasteiger partial charge in [0.1, 0.15) is 5.82 Å². The number of morpholine rings is 1. The van der Waals surface area contributed by atoms with E-state index in [1.807, 2.05) is 13.0 Å². The molecule has 2 heterocycles. The van der Waals surface area contributed by atoms with E-state index in [0.717, 1.165) is 24.6 Å². The Morgan fingerprint density at radius 3 is 2.22 bits per heavy atom. The first-order chi connectivity index (χ1) is 8.17. The quantitative estimate of drug-likeness (QED) is 0.735. The minimum atomic E-state index is -0.201. The highest BCUT2D eigenvalue weighted by atomic mass is 35.5. The molecule has 0 spiro atoms. The second kappa shape index (κ2) is 4.35. The molecule has 100 valence electrons. The van der Waals surface area contributed by atoms with Crippen LogP contribution in [0.25, 0.3) is 0 Å². The average molecular weight is 270 g/mol. The number of anilines is 1. The molecule has 0 N–H and O–H groups in total. The third-order valence-corrected chi connectivity index (χ3v) is 3.00. The summed E-state index contributed by atoms with van der Waals surface area (Å²) in [5, 5.41) is 0.298. The Bertz CT molecular complexity index is 423. The fraction of sp³-hybridized carbons (Fsp3) is 0.692. The molecule has 1 aromatic rings. The van der Waals surface area contributed by atoms with Gasteiger partial charge in [-0.2, -0.15) is 0 Å². The first kappa shape index (κ1) is 13.6. The minimum absolute atomic E-state index is 0.201. The van der Waals surface area contributed by atoms with Crippen LogP contribution in [-0.2, 0) is 4.74 Å². The molecule has 18 heavy (non-hydrogen) atoms. The Kier molecular flexibility index (Phi) is 3.28. The van der Waals surface area contributed by atoms with Gasteiger partial charge in [-0.05, 0) is 46.2 Å². The van der Waals surface area contributed by atoms with Crippen molar-refractivity contribution in [1.82, 2.24) is 9.97 Å². The van der Waals surface area contributed by atoms with Gasteiger partial charge in [0.05, 0.1) is 11.2 Å². The van der Waals surface area contributed by atoms with E-state index in [2.05, 4.69) is 42.6 Å². The van der Waals surface area contributed by atoms with Gasteiger partial charge in [0.15, 0.2) is 0 Å². The molecule has 0 aliphatic carbocycles. The maximum absolute atomic E-state index is 6.06. The highest BCUT2D eigenvalue weighted by Gasteiger charge is 2.38. The van der Waals surface area contributed by atoms with Crippen molar-refractivity contribution >= 4 is 17.4 Å². The van der Waals surface area contributed by atoms with Gasteiger partial charge in [-0.15, -0.1) is 0 Å². The van der Waals surface area contributed by atoms with Gasteiger partial charge in [-0.3, -0.25) is 0 Å². The van der Waals surface area contributed by atoms with Crippen LogP contribution in [0.1, 0.15) is 33.4 Å². The van der Waals surface area contributed by atoms with E-state index in [0.29, 0.717) is 5.28 Å². The lowest BCUT2D eigenvalue weighted by atomic mass is 9.99. The van der Waals surface area contributed by atoms with Crippen LogP contribution in [0.5, 0.6) is 0 Å². The Morgan fingerprint density at radius 2 is 1.72 bits per heavy atom. The van der Waals surface area contributed by atoms with E-state index in [9.17, 15) is 0 Å². The van der Waals surface area contributed by atoms with Crippen molar-refractivity contribution in [3.05, 3.63) is 17.0 Å². The van der Waals surface area contributed by atoms with E-state index in [1.54, 1.807) is 0 Å². The van der Waals surface area contributed by atoms with Crippen molar-refractivity contribution in [3.8, 4) is 0 Å². The van der Waals surface area contributed by atoms with Gasteiger partial charge in [-0.1, -0.05) is 0 Å². The molecule has 2 rings (SSSR count). The molecule has 1 saturated heterocycles. The lowest BCUT2D eigenvalue weighted by molar-refractivity contribution is -0.133. The highest BCUT2D eigenvalue weighted by Crippen LogP contribution is 2.31. The number of hydrogen-bond acceptors (Lipinski definition) is 4. The van der Waals surface area contributed by atoms with Crippen LogP contribution < -0.4 is 4.90 Å². The third kappa shape index (κ3) is 3.12. The van der Waals surface area contributed by atoms with Crippen molar-refractivity contribution in [2.75, 3.05) is 18.0 Å². The van der Waals surface area contributed by atoms with Crippen molar-refractivity contribution in [3.63, 3.8) is 0 Å². The van der Waals surface area contributed by atoms with E-state index >= 15 is 0 Å². The van der Waals surface area contributed by atoms with Crippen molar-refractivity contribution < 1.29 is 4.74 Å². The molecule has 1 aliphatic rings. The predicted molar refractivity (Wildman–Crippen MR) is 73.2 cm³/mol. The summed E-state index contributed by atoms with van der Waals surface area (Å²) in [4.78, 5) is 10.6. The number of hydrogen-bond donors (Lipinski definition) is 0.